The zero-order valence-corrected chi connectivity index (χ0v) is 18.8. The number of nitrogens with zero attached hydrogens (tertiary/aromatic N) is 5. The van der Waals surface area contributed by atoms with E-state index in [1.165, 1.54) is 0 Å². The topological polar surface area (TPSA) is 69.6 Å². The molecule has 31 heavy (non-hydrogen) atoms. The monoisotopic (exact) mass is 441 g/mol. The summed E-state index contributed by atoms with van der Waals surface area (Å²) < 4.78 is 0. The summed E-state index contributed by atoms with van der Waals surface area (Å²) in [6, 6.07) is 7.70. The fraction of sp³-hybridized carbons (Fsp3) is 0.478. The molecule has 0 unspecified atom stereocenters. The van der Waals surface area contributed by atoms with E-state index < -0.39 is 0 Å². The molecule has 0 spiro atoms. The van der Waals surface area contributed by atoms with Crippen molar-refractivity contribution in [3.05, 3.63) is 41.2 Å². The van der Waals surface area contributed by atoms with Crippen molar-refractivity contribution in [3.8, 4) is 11.1 Å². The van der Waals surface area contributed by atoms with Crippen molar-refractivity contribution >= 4 is 29.4 Å². The maximum Gasteiger partial charge on any atom is 0.242 e. The average molecular weight is 442 g/mol. The fourth-order valence-electron chi connectivity index (χ4n) is 4.35. The summed E-state index contributed by atoms with van der Waals surface area (Å²) in [5.41, 5.74) is 2.86. The Hall–Kier alpha value is -2.67. The Labute approximate surface area is 188 Å². The van der Waals surface area contributed by atoms with E-state index in [1.807, 2.05) is 54.4 Å². The minimum atomic E-state index is 0.0196. The molecule has 2 aliphatic heterocycles. The van der Waals surface area contributed by atoms with Crippen molar-refractivity contribution in [1.82, 2.24) is 19.8 Å². The second-order valence-electron chi connectivity index (χ2n) is 8.47. The number of benzene rings is 1. The van der Waals surface area contributed by atoms with Crippen LogP contribution < -0.4 is 4.90 Å². The molecule has 7 nitrogen and oxygen atoms in total. The van der Waals surface area contributed by atoms with Gasteiger partial charge in [0.05, 0.1) is 12.2 Å². The summed E-state index contributed by atoms with van der Waals surface area (Å²) in [5.74, 6) is 0.845. The van der Waals surface area contributed by atoms with Gasteiger partial charge in [-0.2, -0.15) is 0 Å². The molecule has 2 fully saturated rings. The minimum absolute atomic E-state index is 0.0196. The molecule has 2 saturated heterocycles. The first-order valence-electron chi connectivity index (χ1n) is 10.8. The highest BCUT2D eigenvalue weighted by molar-refractivity contribution is 6.30. The van der Waals surface area contributed by atoms with Crippen molar-refractivity contribution in [2.75, 3.05) is 45.2 Å². The summed E-state index contributed by atoms with van der Waals surface area (Å²) in [7, 11) is 3.84. The zero-order valence-electron chi connectivity index (χ0n) is 18.1. The number of piperidine rings is 1. The number of amides is 2. The highest BCUT2D eigenvalue weighted by atomic mass is 35.5. The molecule has 0 aliphatic carbocycles. The minimum Gasteiger partial charge on any atom is -0.347 e. The van der Waals surface area contributed by atoms with Crippen LogP contribution in [0.5, 0.6) is 0 Å². The van der Waals surface area contributed by atoms with E-state index in [2.05, 4.69) is 4.98 Å². The third kappa shape index (κ3) is 4.82. The highest BCUT2D eigenvalue weighted by Gasteiger charge is 2.30. The van der Waals surface area contributed by atoms with Crippen LogP contribution in [0.15, 0.2) is 30.5 Å². The molecule has 2 aromatic rings. The number of rotatable bonds is 5. The van der Waals surface area contributed by atoms with Gasteiger partial charge >= 0.3 is 0 Å². The smallest absolute Gasteiger partial charge is 0.242 e. The number of anilines is 1. The normalized spacial score (nSPS) is 19.1. The number of carbonyl (C=O) groups excluding carboxylic acids is 2. The molecule has 1 aromatic heterocycles. The standard InChI is InChI=1S/C23H28ClN5O2/c1-27(2)23-25-13-19(16-6-3-8-18(24)12-16)22(26-23)17-7-4-10-28(14-17)21(31)15-29-11-5-9-20(29)30/h3,6,8,12-13,17H,4-5,7,9-11,14-15H2,1-2H3/t17-/m0/s1. The lowest BCUT2D eigenvalue weighted by Crippen LogP contribution is -2.45. The van der Waals surface area contributed by atoms with Gasteiger partial charge < -0.3 is 14.7 Å². The molecule has 164 valence electrons. The Balaban J connectivity index is 1.60. The van der Waals surface area contributed by atoms with Crippen LogP contribution in [0.2, 0.25) is 5.02 Å². The van der Waals surface area contributed by atoms with Crippen LogP contribution in [0.3, 0.4) is 0 Å². The number of hydrogen-bond donors (Lipinski definition) is 0. The van der Waals surface area contributed by atoms with Crippen molar-refractivity contribution in [2.24, 2.45) is 0 Å². The van der Waals surface area contributed by atoms with Crippen LogP contribution in [0.25, 0.3) is 11.1 Å². The van der Waals surface area contributed by atoms with E-state index >= 15 is 0 Å². The summed E-state index contributed by atoms with van der Waals surface area (Å²) in [6.45, 7) is 2.17. The van der Waals surface area contributed by atoms with Crippen LogP contribution in [0.1, 0.15) is 37.3 Å². The largest absolute Gasteiger partial charge is 0.347 e. The van der Waals surface area contributed by atoms with Crippen LogP contribution in [0, 0.1) is 0 Å². The van der Waals surface area contributed by atoms with E-state index in [-0.39, 0.29) is 24.3 Å². The van der Waals surface area contributed by atoms with Gasteiger partial charge in [-0.15, -0.1) is 0 Å². The second kappa shape index (κ2) is 9.22. The Morgan fingerprint density at radius 3 is 2.81 bits per heavy atom. The molecule has 2 amide bonds. The van der Waals surface area contributed by atoms with E-state index in [0.717, 1.165) is 42.6 Å². The number of aromatic nitrogens is 2. The molecular formula is C23H28ClN5O2. The molecule has 0 radical (unpaired) electrons. The Kier molecular flexibility index (Phi) is 6.41. The first kappa shape index (κ1) is 21.6. The Morgan fingerprint density at radius 2 is 2.10 bits per heavy atom. The SMILES string of the molecule is CN(C)c1ncc(-c2cccc(Cl)c2)c([C@H]2CCCN(C(=O)CN3CCCC3=O)C2)n1. The number of halogens is 1. The predicted octanol–water partition coefficient (Wildman–Crippen LogP) is 3.19. The summed E-state index contributed by atoms with van der Waals surface area (Å²) in [5, 5.41) is 0.663. The molecular weight excluding hydrogens is 414 g/mol. The second-order valence-corrected chi connectivity index (χ2v) is 8.91. The van der Waals surface area contributed by atoms with Gasteiger partial charge in [0.25, 0.3) is 0 Å². The van der Waals surface area contributed by atoms with Crippen molar-refractivity contribution < 1.29 is 9.59 Å². The quantitative estimate of drug-likeness (QED) is 0.712. The van der Waals surface area contributed by atoms with Gasteiger partial charge in [0.2, 0.25) is 17.8 Å². The van der Waals surface area contributed by atoms with Crippen LogP contribution in [-0.2, 0) is 9.59 Å². The van der Waals surface area contributed by atoms with Crippen molar-refractivity contribution in [1.29, 1.82) is 0 Å². The van der Waals surface area contributed by atoms with E-state index in [1.54, 1.807) is 4.90 Å². The Bertz CT molecular complexity index is 980. The Morgan fingerprint density at radius 1 is 1.26 bits per heavy atom. The maximum atomic E-state index is 12.9. The zero-order chi connectivity index (χ0) is 22.0. The van der Waals surface area contributed by atoms with Gasteiger partial charge in [0.1, 0.15) is 0 Å². The van der Waals surface area contributed by atoms with Gasteiger partial charge in [-0.3, -0.25) is 9.59 Å². The lowest BCUT2D eigenvalue weighted by molar-refractivity contribution is -0.139. The fourth-order valence-corrected chi connectivity index (χ4v) is 4.54. The molecule has 1 aromatic carbocycles. The molecule has 3 heterocycles. The van der Waals surface area contributed by atoms with E-state index in [9.17, 15) is 9.59 Å². The molecule has 2 aliphatic rings. The lowest BCUT2D eigenvalue weighted by Gasteiger charge is -2.34. The van der Waals surface area contributed by atoms with Crippen LogP contribution >= 0.6 is 11.6 Å². The molecule has 0 saturated carbocycles. The molecule has 1 atom stereocenters. The van der Waals surface area contributed by atoms with Gasteiger partial charge in [-0.05, 0) is 37.0 Å². The summed E-state index contributed by atoms with van der Waals surface area (Å²) in [4.78, 5) is 39.7. The molecule has 0 N–H and O–H groups in total. The molecule has 0 bridgehead atoms. The third-order valence-electron chi connectivity index (χ3n) is 6.00. The first-order chi connectivity index (χ1) is 14.9. The molecule has 8 heteroatoms. The number of hydrogen-bond acceptors (Lipinski definition) is 5. The van der Waals surface area contributed by atoms with Crippen LogP contribution in [0.4, 0.5) is 5.95 Å². The van der Waals surface area contributed by atoms with Gasteiger partial charge in [-0.25, -0.2) is 9.97 Å². The van der Waals surface area contributed by atoms with E-state index in [0.29, 0.717) is 30.5 Å². The third-order valence-corrected chi connectivity index (χ3v) is 6.23. The van der Waals surface area contributed by atoms with Crippen molar-refractivity contribution in [2.45, 2.75) is 31.6 Å². The lowest BCUT2D eigenvalue weighted by atomic mass is 9.90. The van der Waals surface area contributed by atoms with Gasteiger partial charge in [-0.1, -0.05) is 23.7 Å². The summed E-state index contributed by atoms with van der Waals surface area (Å²) in [6.07, 6.45) is 5.09. The van der Waals surface area contributed by atoms with Gasteiger partial charge in [0.15, 0.2) is 0 Å². The predicted molar refractivity (Wildman–Crippen MR) is 121 cm³/mol. The maximum absolute atomic E-state index is 12.9. The van der Waals surface area contributed by atoms with Gasteiger partial charge in [0, 0.05) is 62.9 Å². The number of likely N-dealkylation sites (tertiary alicyclic amines) is 2. The van der Waals surface area contributed by atoms with Crippen LogP contribution in [-0.4, -0.2) is 71.9 Å². The van der Waals surface area contributed by atoms with Crippen molar-refractivity contribution in [3.63, 3.8) is 0 Å². The number of carbonyl (C=O) groups is 2. The highest BCUT2D eigenvalue weighted by Crippen LogP contribution is 2.34. The van der Waals surface area contributed by atoms with E-state index in [4.69, 9.17) is 16.6 Å². The molecule has 4 rings (SSSR count). The average Bonchev–Trinajstić information content (AvgIpc) is 3.17. The summed E-state index contributed by atoms with van der Waals surface area (Å²) >= 11 is 6.24. The first-order valence-corrected chi connectivity index (χ1v) is 11.2.